The molecule has 0 aromatic rings. The van der Waals surface area contributed by atoms with E-state index in [9.17, 15) is 14.4 Å². The minimum atomic E-state index is -0.309. The standard InChI is InChI=1S/C18H29N3O3S/c22-16(19-15-6-11-25-18(15)24)13-20-7-9-21(10-8-20)17(23)12-14-4-2-1-3-5-14/h14-15H,1-13H2,(H,19,22). The van der Waals surface area contributed by atoms with E-state index in [1.54, 1.807) is 0 Å². The molecule has 7 heteroatoms. The van der Waals surface area contributed by atoms with Crippen molar-refractivity contribution >= 4 is 28.7 Å². The molecule has 140 valence electrons. The molecule has 1 saturated carbocycles. The van der Waals surface area contributed by atoms with Crippen LogP contribution in [0.5, 0.6) is 0 Å². The van der Waals surface area contributed by atoms with E-state index < -0.39 is 0 Å². The lowest BCUT2D eigenvalue weighted by Gasteiger charge is -2.35. The Bertz CT molecular complexity index is 500. The molecular weight excluding hydrogens is 338 g/mol. The van der Waals surface area contributed by atoms with Crippen molar-refractivity contribution in [1.29, 1.82) is 0 Å². The van der Waals surface area contributed by atoms with Crippen LogP contribution in [0.3, 0.4) is 0 Å². The Labute approximate surface area is 154 Å². The summed E-state index contributed by atoms with van der Waals surface area (Å²) in [6.07, 6.45) is 7.68. The number of thioether (sulfide) groups is 1. The highest BCUT2D eigenvalue weighted by atomic mass is 32.2. The number of carbonyl (C=O) groups excluding carboxylic acids is 3. The van der Waals surface area contributed by atoms with Crippen molar-refractivity contribution < 1.29 is 14.4 Å². The Hall–Kier alpha value is -1.08. The van der Waals surface area contributed by atoms with Gasteiger partial charge in [0, 0.05) is 38.4 Å². The van der Waals surface area contributed by atoms with Gasteiger partial charge in [0.2, 0.25) is 16.9 Å². The molecule has 6 nitrogen and oxygen atoms in total. The maximum Gasteiger partial charge on any atom is 0.234 e. The molecule has 0 radical (unpaired) electrons. The number of carbonyl (C=O) groups is 3. The summed E-state index contributed by atoms with van der Waals surface area (Å²) in [6.45, 7) is 3.20. The van der Waals surface area contributed by atoms with Crippen LogP contribution in [0.4, 0.5) is 0 Å². The fourth-order valence-electron chi connectivity index (χ4n) is 3.99. The molecule has 1 atom stereocenters. The van der Waals surface area contributed by atoms with Crippen LogP contribution in [0.2, 0.25) is 0 Å². The van der Waals surface area contributed by atoms with Gasteiger partial charge in [0.25, 0.3) is 0 Å². The van der Waals surface area contributed by atoms with E-state index in [4.69, 9.17) is 0 Å². The third-order valence-electron chi connectivity index (χ3n) is 5.55. The Morgan fingerprint density at radius 1 is 1.04 bits per heavy atom. The number of hydrogen-bond donors (Lipinski definition) is 1. The van der Waals surface area contributed by atoms with Crippen LogP contribution in [0.15, 0.2) is 0 Å². The first-order chi connectivity index (χ1) is 12.1. The van der Waals surface area contributed by atoms with E-state index in [0.29, 0.717) is 32.0 Å². The monoisotopic (exact) mass is 367 g/mol. The van der Waals surface area contributed by atoms with Gasteiger partial charge in [-0.15, -0.1) is 0 Å². The molecule has 2 saturated heterocycles. The van der Waals surface area contributed by atoms with Crippen LogP contribution in [0, 0.1) is 5.92 Å². The zero-order valence-corrected chi connectivity index (χ0v) is 15.7. The summed E-state index contributed by atoms with van der Waals surface area (Å²) < 4.78 is 0. The molecule has 1 unspecified atom stereocenters. The second-order valence-corrected chi connectivity index (χ2v) is 8.54. The zero-order chi connectivity index (χ0) is 17.6. The van der Waals surface area contributed by atoms with Crippen molar-refractivity contribution in [2.75, 3.05) is 38.5 Å². The first-order valence-electron chi connectivity index (χ1n) is 9.58. The average molecular weight is 368 g/mol. The average Bonchev–Trinajstić information content (AvgIpc) is 3.01. The number of nitrogens with zero attached hydrogens (tertiary/aromatic N) is 2. The molecule has 3 aliphatic rings. The van der Waals surface area contributed by atoms with Gasteiger partial charge in [-0.25, -0.2) is 0 Å². The SMILES string of the molecule is O=C(CN1CCN(C(=O)CC2CCCCC2)CC1)NC1CCSC1=O. The summed E-state index contributed by atoms with van der Waals surface area (Å²) in [5.41, 5.74) is 0. The minimum Gasteiger partial charge on any atom is -0.344 e. The number of amides is 2. The van der Waals surface area contributed by atoms with Gasteiger partial charge in [0.15, 0.2) is 0 Å². The molecule has 25 heavy (non-hydrogen) atoms. The second-order valence-electron chi connectivity index (χ2n) is 7.44. The van der Waals surface area contributed by atoms with Crippen molar-refractivity contribution in [2.45, 2.75) is 51.0 Å². The highest BCUT2D eigenvalue weighted by molar-refractivity contribution is 8.14. The summed E-state index contributed by atoms with van der Waals surface area (Å²) in [5, 5.41) is 2.91. The van der Waals surface area contributed by atoms with Gasteiger partial charge < -0.3 is 10.2 Å². The lowest BCUT2D eigenvalue weighted by atomic mass is 9.86. The molecule has 1 aliphatic carbocycles. The van der Waals surface area contributed by atoms with Gasteiger partial charge in [-0.05, 0) is 25.2 Å². The van der Waals surface area contributed by atoms with Crippen molar-refractivity contribution in [1.82, 2.24) is 15.1 Å². The topological polar surface area (TPSA) is 69.7 Å². The van der Waals surface area contributed by atoms with E-state index in [1.807, 2.05) is 4.90 Å². The normalized spacial score (nSPS) is 26.0. The zero-order valence-electron chi connectivity index (χ0n) is 14.9. The number of piperazine rings is 1. The van der Waals surface area contributed by atoms with E-state index in [0.717, 1.165) is 25.3 Å². The first kappa shape index (κ1) is 18.7. The summed E-state index contributed by atoms with van der Waals surface area (Å²) in [6, 6.07) is -0.309. The summed E-state index contributed by atoms with van der Waals surface area (Å²) in [7, 11) is 0. The highest BCUT2D eigenvalue weighted by Crippen LogP contribution is 2.27. The lowest BCUT2D eigenvalue weighted by Crippen LogP contribution is -2.52. The number of rotatable bonds is 5. The predicted molar refractivity (Wildman–Crippen MR) is 98.2 cm³/mol. The van der Waals surface area contributed by atoms with E-state index >= 15 is 0 Å². The lowest BCUT2D eigenvalue weighted by molar-refractivity contribution is -0.134. The maximum atomic E-state index is 12.4. The molecule has 0 bridgehead atoms. The molecular formula is C18H29N3O3S. The Morgan fingerprint density at radius 2 is 1.76 bits per heavy atom. The Morgan fingerprint density at radius 3 is 2.40 bits per heavy atom. The van der Waals surface area contributed by atoms with Crippen LogP contribution in [0.25, 0.3) is 0 Å². The van der Waals surface area contributed by atoms with Crippen molar-refractivity contribution in [2.24, 2.45) is 5.92 Å². The quantitative estimate of drug-likeness (QED) is 0.792. The smallest absolute Gasteiger partial charge is 0.234 e. The van der Waals surface area contributed by atoms with Crippen LogP contribution >= 0.6 is 11.8 Å². The van der Waals surface area contributed by atoms with E-state index in [1.165, 1.54) is 43.9 Å². The van der Waals surface area contributed by atoms with Crippen molar-refractivity contribution in [3.63, 3.8) is 0 Å². The number of hydrogen-bond acceptors (Lipinski definition) is 5. The van der Waals surface area contributed by atoms with Crippen LogP contribution < -0.4 is 5.32 Å². The van der Waals surface area contributed by atoms with Crippen LogP contribution in [-0.4, -0.2) is 71.2 Å². The molecule has 1 N–H and O–H groups in total. The molecule has 0 aromatic heterocycles. The third-order valence-corrected chi connectivity index (χ3v) is 6.56. The summed E-state index contributed by atoms with van der Waals surface area (Å²) >= 11 is 1.30. The molecule has 0 spiro atoms. The second kappa shape index (κ2) is 9.03. The van der Waals surface area contributed by atoms with Gasteiger partial charge >= 0.3 is 0 Å². The van der Waals surface area contributed by atoms with Gasteiger partial charge in [-0.1, -0.05) is 31.0 Å². The Balaban J connectivity index is 1.35. The van der Waals surface area contributed by atoms with Gasteiger partial charge in [-0.3, -0.25) is 19.3 Å². The molecule has 0 aromatic carbocycles. The predicted octanol–water partition coefficient (Wildman–Crippen LogP) is 1.25. The van der Waals surface area contributed by atoms with Crippen LogP contribution in [0.1, 0.15) is 44.9 Å². The fourth-order valence-corrected chi connectivity index (χ4v) is 4.93. The third kappa shape index (κ3) is 5.45. The molecule has 2 aliphatic heterocycles. The summed E-state index contributed by atoms with van der Waals surface area (Å²) in [5.74, 6) is 1.57. The highest BCUT2D eigenvalue weighted by Gasteiger charge is 2.28. The molecule has 2 amide bonds. The van der Waals surface area contributed by atoms with Crippen LogP contribution in [-0.2, 0) is 14.4 Å². The largest absolute Gasteiger partial charge is 0.344 e. The first-order valence-corrected chi connectivity index (χ1v) is 10.6. The maximum absolute atomic E-state index is 12.4. The molecule has 2 heterocycles. The Kier molecular flexibility index (Phi) is 6.76. The fraction of sp³-hybridized carbons (Fsp3) is 0.833. The van der Waals surface area contributed by atoms with Crippen molar-refractivity contribution in [3.05, 3.63) is 0 Å². The van der Waals surface area contributed by atoms with Gasteiger partial charge in [0.05, 0.1) is 12.6 Å². The van der Waals surface area contributed by atoms with E-state index in [2.05, 4.69) is 10.2 Å². The summed E-state index contributed by atoms with van der Waals surface area (Å²) in [4.78, 5) is 40.2. The van der Waals surface area contributed by atoms with Crippen molar-refractivity contribution in [3.8, 4) is 0 Å². The molecule has 3 fully saturated rings. The van der Waals surface area contributed by atoms with E-state index in [-0.39, 0.29) is 23.0 Å². The number of nitrogens with one attached hydrogen (secondary N) is 1. The van der Waals surface area contributed by atoms with Gasteiger partial charge in [-0.2, -0.15) is 0 Å². The van der Waals surface area contributed by atoms with Gasteiger partial charge in [0.1, 0.15) is 0 Å². The molecule has 3 rings (SSSR count). The minimum absolute atomic E-state index is 0.0754.